The molecular weight excluding hydrogens is 266 g/mol. The predicted molar refractivity (Wildman–Crippen MR) is 70.8 cm³/mol. The van der Waals surface area contributed by atoms with E-state index >= 15 is 0 Å². The second kappa shape index (κ2) is 6.91. The monoisotopic (exact) mass is 279 g/mol. The Morgan fingerprint density at radius 1 is 1.42 bits per heavy atom. The number of carbonyl (C=O) groups is 2. The lowest BCUT2D eigenvalue weighted by Gasteiger charge is -2.09. The van der Waals surface area contributed by atoms with Crippen molar-refractivity contribution in [2.24, 2.45) is 0 Å². The fourth-order valence-electron chi connectivity index (χ4n) is 1.64. The van der Waals surface area contributed by atoms with E-state index in [1.54, 1.807) is 25.1 Å². The van der Waals surface area contributed by atoms with Gasteiger partial charge in [0.15, 0.2) is 5.78 Å². The van der Waals surface area contributed by atoms with E-state index in [-0.39, 0.29) is 18.2 Å². The summed E-state index contributed by atoms with van der Waals surface area (Å²) in [6, 6.07) is 6.77. The zero-order valence-corrected chi connectivity index (χ0v) is 11.5. The van der Waals surface area contributed by atoms with Gasteiger partial charge >= 0.3 is 5.97 Å². The molecule has 0 radical (unpaired) electrons. The van der Waals surface area contributed by atoms with Gasteiger partial charge in [0.25, 0.3) is 0 Å². The van der Waals surface area contributed by atoms with Gasteiger partial charge in [0.2, 0.25) is 0 Å². The molecule has 0 aliphatic carbocycles. The number of halogens is 1. The SMILES string of the molecule is CCOC(=O)Cc1cc(C#N)cc(C(Cl)C(C)=O)c1. The van der Waals surface area contributed by atoms with Crippen LogP contribution in [0.25, 0.3) is 0 Å². The van der Waals surface area contributed by atoms with E-state index in [1.807, 2.05) is 6.07 Å². The van der Waals surface area contributed by atoms with Gasteiger partial charge < -0.3 is 4.74 Å². The van der Waals surface area contributed by atoms with Crippen molar-refractivity contribution in [3.63, 3.8) is 0 Å². The molecule has 0 aliphatic heterocycles. The quantitative estimate of drug-likeness (QED) is 0.613. The van der Waals surface area contributed by atoms with Crippen LogP contribution in [0.15, 0.2) is 18.2 Å². The van der Waals surface area contributed by atoms with Gasteiger partial charge in [0.1, 0.15) is 5.38 Å². The highest BCUT2D eigenvalue weighted by molar-refractivity contribution is 6.30. The second-order valence-corrected chi connectivity index (χ2v) is 4.47. The zero-order chi connectivity index (χ0) is 14.4. The van der Waals surface area contributed by atoms with E-state index in [0.717, 1.165) is 0 Å². The molecular formula is C14H14ClNO3. The Hall–Kier alpha value is -1.86. The Labute approximate surface area is 116 Å². The molecule has 5 heteroatoms. The normalized spacial score (nSPS) is 11.5. The van der Waals surface area contributed by atoms with Crippen molar-refractivity contribution in [1.29, 1.82) is 5.26 Å². The van der Waals surface area contributed by atoms with Crippen LogP contribution in [-0.2, 0) is 20.7 Å². The van der Waals surface area contributed by atoms with E-state index < -0.39 is 5.38 Å². The molecule has 0 amide bonds. The van der Waals surface area contributed by atoms with Crippen LogP contribution in [0.3, 0.4) is 0 Å². The molecule has 100 valence electrons. The van der Waals surface area contributed by atoms with Gasteiger partial charge in [-0.15, -0.1) is 11.6 Å². The topological polar surface area (TPSA) is 67.2 Å². The summed E-state index contributed by atoms with van der Waals surface area (Å²) >= 11 is 5.96. The minimum atomic E-state index is -0.811. The summed E-state index contributed by atoms with van der Waals surface area (Å²) in [7, 11) is 0. The molecule has 0 aliphatic rings. The highest BCUT2D eigenvalue weighted by Gasteiger charge is 2.16. The van der Waals surface area contributed by atoms with Gasteiger partial charge in [-0.25, -0.2) is 0 Å². The number of ether oxygens (including phenoxy) is 1. The number of nitriles is 1. The van der Waals surface area contributed by atoms with E-state index in [4.69, 9.17) is 21.6 Å². The number of rotatable bonds is 5. The maximum Gasteiger partial charge on any atom is 0.310 e. The average Bonchev–Trinajstić information content (AvgIpc) is 2.37. The molecule has 1 aromatic rings. The minimum Gasteiger partial charge on any atom is -0.466 e. The van der Waals surface area contributed by atoms with E-state index in [2.05, 4.69) is 0 Å². The summed E-state index contributed by atoms with van der Waals surface area (Å²) in [5.41, 5.74) is 1.50. The maximum absolute atomic E-state index is 11.4. The van der Waals surface area contributed by atoms with Crippen LogP contribution < -0.4 is 0 Å². The molecule has 0 heterocycles. The Bertz CT molecular complexity index is 534. The van der Waals surface area contributed by atoms with Crippen molar-refractivity contribution in [3.8, 4) is 6.07 Å². The Morgan fingerprint density at radius 2 is 2.11 bits per heavy atom. The van der Waals surface area contributed by atoms with Crippen molar-refractivity contribution < 1.29 is 14.3 Å². The van der Waals surface area contributed by atoms with Crippen LogP contribution >= 0.6 is 11.6 Å². The van der Waals surface area contributed by atoms with Crippen molar-refractivity contribution >= 4 is 23.4 Å². The lowest BCUT2D eigenvalue weighted by molar-refractivity contribution is -0.142. The number of nitrogens with zero attached hydrogens (tertiary/aromatic N) is 1. The molecule has 19 heavy (non-hydrogen) atoms. The largest absolute Gasteiger partial charge is 0.466 e. The van der Waals surface area contributed by atoms with Crippen molar-refractivity contribution in [2.75, 3.05) is 6.61 Å². The third-order valence-corrected chi connectivity index (χ3v) is 3.01. The first-order valence-electron chi connectivity index (χ1n) is 5.82. The summed E-state index contributed by atoms with van der Waals surface area (Å²) in [5.74, 6) is -0.587. The highest BCUT2D eigenvalue weighted by atomic mass is 35.5. The molecule has 0 N–H and O–H groups in total. The molecule has 1 rings (SSSR count). The summed E-state index contributed by atoms with van der Waals surface area (Å²) in [5, 5.41) is 8.14. The van der Waals surface area contributed by atoms with E-state index in [1.165, 1.54) is 6.92 Å². The van der Waals surface area contributed by atoms with E-state index in [0.29, 0.717) is 23.3 Å². The summed E-state index contributed by atoms with van der Waals surface area (Å²) < 4.78 is 4.85. The Balaban J connectivity index is 3.06. The molecule has 0 spiro atoms. The number of hydrogen-bond donors (Lipinski definition) is 0. The molecule has 0 saturated heterocycles. The van der Waals surface area contributed by atoms with Gasteiger partial charge in [-0.2, -0.15) is 5.26 Å². The van der Waals surface area contributed by atoms with Crippen molar-refractivity contribution in [1.82, 2.24) is 0 Å². The van der Waals surface area contributed by atoms with Crippen molar-refractivity contribution in [2.45, 2.75) is 25.6 Å². The summed E-state index contributed by atoms with van der Waals surface area (Å²) in [4.78, 5) is 22.7. The number of alkyl halides is 1. The van der Waals surface area contributed by atoms with Crippen LogP contribution in [0.1, 0.15) is 35.9 Å². The first-order chi connectivity index (χ1) is 8.97. The number of ketones is 1. The fourth-order valence-corrected chi connectivity index (χ4v) is 1.77. The van der Waals surface area contributed by atoms with Gasteiger partial charge in [-0.1, -0.05) is 6.07 Å². The first kappa shape index (κ1) is 15.2. The Kier molecular flexibility index (Phi) is 5.53. The van der Waals surface area contributed by atoms with Crippen LogP contribution in [0.5, 0.6) is 0 Å². The van der Waals surface area contributed by atoms with Crippen LogP contribution in [0, 0.1) is 11.3 Å². The maximum atomic E-state index is 11.4. The molecule has 0 saturated carbocycles. The number of Topliss-reactive ketones (excluding diaryl/α,β-unsaturated/α-hetero) is 1. The van der Waals surface area contributed by atoms with Crippen LogP contribution in [-0.4, -0.2) is 18.4 Å². The van der Waals surface area contributed by atoms with Gasteiger partial charge in [-0.05, 0) is 37.1 Å². The lowest BCUT2D eigenvalue weighted by Crippen LogP contribution is -2.09. The highest BCUT2D eigenvalue weighted by Crippen LogP contribution is 2.24. The molecule has 0 fully saturated rings. The molecule has 0 aromatic heterocycles. The zero-order valence-electron chi connectivity index (χ0n) is 10.8. The average molecular weight is 280 g/mol. The molecule has 4 nitrogen and oxygen atoms in total. The Morgan fingerprint density at radius 3 is 2.63 bits per heavy atom. The number of hydrogen-bond acceptors (Lipinski definition) is 4. The first-order valence-corrected chi connectivity index (χ1v) is 6.25. The standard InChI is InChI=1S/C14H14ClNO3/c1-3-19-13(18)7-10-4-11(8-16)6-12(5-10)14(15)9(2)17/h4-6,14H,3,7H2,1-2H3. The third kappa shape index (κ3) is 4.38. The van der Waals surface area contributed by atoms with E-state index in [9.17, 15) is 9.59 Å². The minimum absolute atomic E-state index is 0.0534. The van der Waals surface area contributed by atoms with Crippen LogP contribution in [0.4, 0.5) is 0 Å². The van der Waals surface area contributed by atoms with Crippen molar-refractivity contribution in [3.05, 3.63) is 34.9 Å². The molecule has 1 aromatic carbocycles. The lowest BCUT2D eigenvalue weighted by atomic mass is 10.0. The number of carbonyl (C=O) groups excluding carboxylic acids is 2. The summed E-state index contributed by atoms with van der Waals surface area (Å²) in [6.45, 7) is 3.40. The number of benzene rings is 1. The summed E-state index contributed by atoms with van der Waals surface area (Å²) in [6.07, 6.45) is 0.0534. The second-order valence-electron chi connectivity index (χ2n) is 4.03. The van der Waals surface area contributed by atoms with Crippen LogP contribution in [0.2, 0.25) is 0 Å². The predicted octanol–water partition coefficient (Wildman–Crippen LogP) is 2.53. The third-order valence-electron chi connectivity index (χ3n) is 2.45. The van der Waals surface area contributed by atoms with Gasteiger partial charge in [-0.3, -0.25) is 9.59 Å². The smallest absolute Gasteiger partial charge is 0.310 e. The number of esters is 1. The van der Waals surface area contributed by atoms with Gasteiger partial charge in [0, 0.05) is 0 Å². The van der Waals surface area contributed by atoms with Gasteiger partial charge in [0.05, 0.1) is 24.7 Å². The fraction of sp³-hybridized carbons (Fsp3) is 0.357. The molecule has 1 atom stereocenters. The molecule has 1 unspecified atom stereocenters. The molecule has 0 bridgehead atoms.